The number of fused-ring (bicyclic) bond motifs is 1. The minimum absolute atomic E-state index is 0.304. The number of nitrogens with zero attached hydrogens (tertiary/aromatic N) is 3. The van der Waals surface area contributed by atoms with Crippen molar-refractivity contribution in [3.05, 3.63) is 34.6 Å². The van der Waals surface area contributed by atoms with Gasteiger partial charge in [-0.15, -0.1) is 22.0 Å². The first-order valence-electron chi connectivity index (χ1n) is 5.71. The van der Waals surface area contributed by atoms with Crippen molar-refractivity contribution in [3.8, 4) is 0 Å². The molecule has 7 heteroatoms. The lowest BCUT2D eigenvalue weighted by molar-refractivity contribution is 0.500. The summed E-state index contributed by atoms with van der Waals surface area (Å²) in [7, 11) is 0. The van der Waals surface area contributed by atoms with Crippen molar-refractivity contribution in [2.45, 2.75) is 23.9 Å². The van der Waals surface area contributed by atoms with Crippen LogP contribution in [0, 0.1) is 0 Å². The Kier molecular flexibility index (Phi) is 3.49. The molecular formula is C11H12ClN5S. The molecule has 0 fully saturated rings. The van der Waals surface area contributed by atoms with Crippen molar-refractivity contribution >= 4 is 23.4 Å². The topological polar surface area (TPSA) is 66.5 Å². The monoisotopic (exact) mass is 281 g/mol. The molecule has 5 nitrogen and oxygen atoms in total. The summed E-state index contributed by atoms with van der Waals surface area (Å²) in [6, 6.07) is 6.37. The van der Waals surface area contributed by atoms with Crippen LogP contribution in [0.4, 0.5) is 0 Å². The van der Waals surface area contributed by atoms with Crippen LogP contribution in [0.3, 0.4) is 0 Å². The van der Waals surface area contributed by atoms with Crippen molar-refractivity contribution in [2.24, 2.45) is 0 Å². The zero-order valence-corrected chi connectivity index (χ0v) is 11.1. The van der Waals surface area contributed by atoms with Crippen LogP contribution < -0.4 is 5.32 Å². The lowest BCUT2D eigenvalue weighted by Gasteiger charge is -2.25. The maximum atomic E-state index is 6.06. The summed E-state index contributed by atoms with van der Waals surface area (Å²) in [6.07, 6.45) is 1.08. The van der Waals surface area contributed by atoms with E-state index in [1.807, 2.05) is 23.9 Å². The van der Waals surface area contributed by atoms with E-state index in [1.165, 1.54) is 10.5 Å². The average Bonchev–Trinajstić information content (AvgIpc) is 2.89. The van der Waals surface area contributed by atoms with Crippen LogP contribution in [0.5, 0.6) is 0 Å². The molecule has 18 heavy (non-hydrogen) atoms. The van der Waals surface area contributed by atoms with Gasteiger partial charge in [0.2, 0.25) is 0 Å². The first-order chi connectivity index (χ1) is 8.83. The number of H-pyrrole nitrogens is 1. The van der Waals surface area contributed by atoms with Gasteiger partial charge in [-0.05, 0) is 35.9 Å². The lowest BCUT2D eigenvalue weighted by atomic mass is 10.0. The number of tetrazole rings is 1. The quantitative estimate of drug-likeness (QED) is 0.903. The van der Waals surface area contributed by atoms with E-state index in [-0.39, 0.29) is 0 Å². The summed E-state index contributed by atoms with van der Waals surface area (Å²) in [5.74, 6) is 1.79. The fourth-order valence-corrected chi connectivity index (χ4v) is 3.34. The van der Waals surface area contributed by atoms with E-state index in [0.29, 0.717) is 18.4 Å². The molecule has 2 N–H and O–H groups in total. The predicted octanol–water partition coefficient (Wildman–Crippen LogP) is 2.18. The Morgan fingerprint density at radius 2 is 2.44 bits per heavy atom. The van der Waals surface area contributed by atoms with E-state index in [1.54, 1.807) is 0 Å². The molecule has 0 aliphatic carbocycles. The van der Waals surface area contributed by atoms with Crippen LogP contribution in [0.15, 0.2) is 23.1 Å². The fourth-order valence-electron chi connectivity index (χ4n) is 2.05. The van der Waals surface area contributed by atoms with Gasteiger partial charge in [0.05, 0.1) is 6.54 Å². The van der Waals surface area contributed by atoms with E-state index in [4.69, 9.17) is 11.6 Å². The maximum absolute atomic E-state index is 6.06. The van der Waals surface area contributed by atoms with Crippen LogP contribution in [0.1, 0.15) is 23.9 Å². The molecule has 0 spiro atoms. The fraction of sp³-hybridized carbons (Fsp3) is 0.364. The Hall–Kier alpha value is -1.11. The molecule has 3 rings (SSSR count). The average molecular weight is 282 g/mol. The highest BCUT2D eigenvalue weighted by molar-refractivity contribution is 7.99. The van der Waals surface area contributed by atoms with Crippen molar-refractivity contribution in [3.63, 3.8) is 0 Å². The third-order valence-corrected chi connectivity index (χ3v) is 4.26. The minimum Gasteiger partial charge on any atom is -0.303 e. The summed E-state index contributed by atoms with van der Waals surface area (Å²) < 4.78 is 0. The minimum atomic E-state index is 0.304. The van der Waals surface area contributed by atoms with Gasteiger partial charge in [0.25, 0.3) is 0 Å². The Morgan fingerprint density at radius 1 is 1.50 bits per heavy atom. The summed E-state index contributed by atoms with van der Waals surface area (Å²) in [5, 5.41) is 18.1. The summed E-state index contributed by atoms with van der Waals surface area (Å²) in [6.45, 7) is 0.609. The second-order valence-corrected chi connectivity index (χ2v) is 5.65. The number of aromatic nitrogens is 4. The van der Waals surface area contributed by atoms with Gasteiger partial charge in [-0.2, -0.15) is 5.21 Å². The van der Waals surface area contributed by atoms with Crippen molar-refractivity contribution in [1.29, 1.82) is 0 Å². The summed E-state index contributed by atoms with van der Waals surface area (Å²) in [4.78, 5) is 1.30. The largest absolute Gasteiger partial charge is 0.303 e. The Labute approximate surface area is 114 Å². The molecule has 1 aliphatic rings. The van der Waals surface area contributed by atoms with E-state index in [2.05, 4.69) is 32.0 Å². The number of rotatable bonds is 3. The van der Waals surface area contributed by atoms with Gasteiger partial charge in [0, 0.05) is 16.0 Å². The zero-order valence-electron chi connectivity index (χ0n) is 9.56. The van der Waals surface area contributed by atoms with Gasteiger partial charge in [-0.3, -0.25) is 0 Å². The van der Waals surface area contributed by atoms with E-state index in [0.717, 1.165) is 17.2 Å². The Bertz CT molecular complexity index is 530. The predicted molar refractivity (Wildman–Crippen MR) is 70.6 cm³/mol. The van der Waals surface area contributed by atoms with Crippen LogP contribution in [0.25, 0.3) is 0 Å². The molecule has 1 aromatic carbocycles. The molecule has 0 amide bonds. The molecule has 2 aromatic rings. The normalized spacial score (nSPS) is 18.6. The Morgan fingerprint density at radius 3 is 3.28 bits per heavy atom. The standard InChI is InChI=1S/C11H12ClN5S/c12-7-1-2-10-8(5-7)9(3-4-18-10)13-6-11-14-16-17-15-11/h1-2,5,9,13H,3-4,6H2,(H,14,15,16,17). The molecule has 0 radical (unpaired) electrons. The molecule has 0 saturated heterocycles. The maximum Gasteiger partial charge on any atom is 0.188 e. The van der Waals surface area contributed by atoms with E-state index in [9.17, 15) is 0 Å². The molecule has 0 bridgehead atoms. The van der Waals surface area contributed by atoms with Crippen LogP contribution in [-0.4, -0.2) is 26.4 Å². The number of hydrogen-bond donors (Lipinski definition) is 2. The van der Waals surface area contributed by atoms with Gasteiger partial charge in [-0.25, -0.2) is 0 Å². The highest BCUT2D eigenvalue weighted by atomic mass is 35.5. The molecule has 1 atom stereocenters. The first-order valence-corrected chi connectivity index (χ1v) is 7.07. The number of hydrogen-bond acceptors (Lipinski definition) is 5. The molecule has 1 aromatic heterocycles. The van der Waals surface area contributed by atoms with Crippen LogP contribution in [-0.2, 0) is 6.54 Å². The van der Waals surface area contributed by atoms with Crippen LogP contribution >= 0.6 is 23.4 Å². The molecule has 94 valence electrons. The molecule has 2 heterocycles. The van der Waals surface area contributed by atoms with Gasteiger partial charge >= 0.3 is 0 Å². The number of thioether (sulfide) groups is 1. The number of aromatic amines is 1. The third kappa shape index (κ3) is 2.50. The second-order valence-electron chi connectivity index (χ2n) is 4.08. The van der Waals surface area contributed by atoms with Gasteiger partial charge in [-0.1, -0.05) is 16.8 Å². The van der Waals surface area contributed by atoms with Gasteiger partial charge < -0.3 is 5.32 Å². The van der Waals surface area contributed by atoms with E-state index >= 15 is 0 Å². The molecule has 0 saturated carbocycles. The van der Waals surface area contributed by atoms with Crippen molar-refractivity contribution in [2.75, 3.05) is 5.75 Å². The summed E-state index contributed by atoms with van der Waals surface area (Å²) >= 11 is 7.94. The highest BCUT2D eigenvalue weighted by Gasteiger charge is 2.20. The van der Waals surface area contributed by atoms with Crippen LogP contribution in [0.2, 0.25) is 5.02 Å². The van der Waals surface area contributed by atoms with Crippen molar-refractivity contribution < 1.29 is 0 Å². The number of halogens is 1. The lowest BCUT2D eigenvalue weighted by Crippen LogP contribution is -2.24. The summed E-state index contributed by atoms with van der Waals surface area (Å²) in [5.41, 5.74) is 1.27. The number of nitrogens with one attached hydrogen (secondary N) is 2. The Balaban J connectivity index is 1.76. The third-order valence-electron chi connectivity index (χ3n) is 2.91. The second kappa shape index (κ2) is 5.26. The highest BCUT2D eigenvalue weighted by Crippen LogP contribution is 2.37. The zero-order chi connectivity index (χ0) is 12.4. The molecular weight excluding hydrogens is 270 g/mol. The molecule has 1 aliphatic heterocycles. The number of benzene rings is 1. The SMILES string of the molecule is Clc1ccc2c(c1)C(NCc1nn[nH]n1)CCS2. The molecule has 1 unspecified atom stereocenters. The van der Waals surface area contributed by atoms with Gasteiger partial charge in [0.15, 0.2) is 5.82 Å². The first kappa shape index (κ1) is 12.0. The van der Waals surface area contributed by atoms with Crippen molar-refractivity contribution in [1.82, 2.24) is 25.9 Å². The van der Waals surface area contributed by atoms with Gasteiger partial charge in [0.1, 0.15) is 0 Å². The smallest absolute Gasteiger partial charge is 0.188 e. The van der Waals surface area contributed by atoms with E-state index < -0.39 is 0 Å².